The minimum atomic E-state index is -0.763. The zero-order valence-electron chi connectivity index (χ0n) is 14.6. The summed E-state index contributed by atoms with van der Waals surface area (Å²) in [6, 6.07) is 14.2. The number of carboxylic acids is 1. The van der Waals surface area contributed by atoms with Gasteiger partial charge in [-0.1, -0.05) is 23.7 Å². The minimum absolute atomic E-state index is 0.162. The Morgan fingerprint density at radius 3 is 2.62 bits per heavy atom. The van der Waals surface area contributed by atoms with Gasteiger partial charge in [-0.25, -0.2) is 0 Å². The molecule has 0 bridgehead atoms. The van der Waals surface area contributed by atoms with Crippen LogP contribution in [0.15, 0.2) is 48.5 Å². The number of hydrogen-bond donors (Lipinski definition) is 1. The molecule has 0 radical (unpaired) electrons. The van der Waals surface area contributed by atoms with Crippen LogP contribution in [0.3, 0.4) is 0 Å². The maximum atomic E-state index is 11.3. The highest BCUT2D eigenvalue weighted by Crippen LogP contribution is 2.32. The van der Waals surface area contributed by atoms with Crippen molar-refractivity contribution < 1.29 is 19.4 Å². The van der Waals surface area contributed by atoms with Crippen LogP contribution in [-0.4, -0.2) is 41.2 Å². The topological polar surface area (TPSA) is 59.0 Å². The largest absolute Gasteiger partial charge is 0.485 e. The van der Waals surface area contributed by atoms with Gasteiger partial charge in [0.1, 0.15) is 17.9 Å². The van der Waals surface area contributed by atoms with Crippen molar-refractivity contribution in [3.8, 4) is 17.2 Å². The first kappa shape index (κ1) is 18.5. The molecule has 26 heavy (non-hydrogen) atoms. The third kappa shape index (κ3) is 4.68. The number of benzene rings is 2. The Bertz CT molecular complexity index is 750. The number of aliphatic carboxylic acids is 1. The van der Waals surface area contributed by atoms with Crippen molar-refractivity contribution in [2.75, 3.05) is 13.1 Å². The number of ether oxygens (including phenoxy) is 2. The Balaban J connectivity index is 1.66. The lowest BCUT2D eigenvalue weighted by atomic mass is 10.2. The van der Waals surface area contributed by atoms with Crippen LogP contribution < -0.4 is 9.47 Å². The van der Waals surface area contributed by atoms with E-state index in [0.717, 1.165) is 13.0 Å². The van der Waals surface area contributed by atoms with Crippen LogP contribution in [-0.2, 0) is 4.79 Å². The maximum Gasteiger partial charge on any atom is 0.320 e. The number of hydrogen-bond acceptors (Lipinski definition) is 4. The van der Waals surface area contributed by atoms with Crippen LogP contribution in [0.25, 0.3) is 0 Å². The summed E-state index contributed by atoms with van der Waals surface area (Å²) < 4.78 is 11.9. The van der Waals surface area contributed by atoms with E-state index in [-0.39, 0.29) is 6.10 Å². The highest BCUT2D eigenvalue weighted by molar-refractivity contribution is 6.30. The first-order valence-electron chi connectivity index (χ1n) is 8.69. The smallest absolute Gasteiger partial charge is 0.320 e. The van der Waals surface area contributed by atoms with E-state index in [1.54, 1.807) is 24.3 Å². The van der Waals surface area contributed by atoms with Crippen LogP contribution >= 0.6 is 11.6 Å². The third-order valence-electron chi connectivity index (χ3n) is 4.36. The molecule has 0 aliphatic carbocycles. The second-order valence-electron chi connectivity index (χ2n) is 6.42. The maximum absolute atomic E-state index is 11.3. The SMILES string of the molecule is CC(CN1CCC[C@H]1C(=O)O)Oc1ccccc1Oc1ccc(Cl)cc1. The molecule has 2 aromatic rings. The average Bonchev–Trinajstić information content (AvgIpc) is 3.07. The van der Waals surface area contributed by atoms with Crippen LogP contribution in [0, 0.1) is 0 Å². The molecule has 0 aromatic heterocycles. The average molecular weight is 376 g/mol. The van der Waals surface area contributed by atoms with Crippen LogP contribution in [0.4, 0.5) is 0 Å². The first-order valence-corrected chi connectivity index (χ1v) is 9.06. The van der Waals surface area contributed by atoms with Gasteiger partial charge in [-0.15, -0.1) is 0 Å². The number of carboxylic acid groups (broad SMARTS) is 1. The summed E-state index contributed by atoms with van der Waals surface area (Å²) in [6.07, 6.45) is 1.43. The monoisotopic (exact) mass is 375 g/mol. The number of para-hydroxylation sites is 2. The van der Waals surface area contributed by atoms with Crippen molar-refractivity contribution in [1.82, 2.24) is 4.90 Å². The van der Waals surface area contributed by atoms with Crippen LogP contribution in [0.5, 0.6) is 17.2 Å². The van der Waals surface area contributed by atoms with Gasteiger partial charge in [0.05, 0.1) is 0 Å². The molecule has 1 aliphatic rings. The fourth-order valence-electron chi connectivity index (χ4n) is 3.17. The molecular formula is C20H22ClNO4. The quantitative estimate of drug-likeness (QED) is 0.774. The molecule has 2 atom stereocenters. The standard InChI is InChI=1S/C20H22ClNO4/c1-14(13-22-12-4-5-17(22)20(23)24)25-18-6-2-3-7-19(18)26-16-10-8-15(21)9-11-16/h2-3,6-11,14,17H,4-5,12-13H2,1H3,(H,23,24)/t14?,17-/m0/s1. The van der Waals surface area contributed by atoms with Gasteiger partial charge in [0.15, 0.2) is 11.5 Å². The highest BCUT2D eigenvalue weighted by atomic mass is 35.5. The summed E-state index contributed by atoms with van der Waals surface area (Å²) in [7, 11) is 0. The predicted octanol–water partition coefficient (Wildman–Crippen LogP) is 4.45. The molecule has 1 N–H and O–H groups in total. The summed E-state index contributed by atoms with van der Waals surface area (Å²) >= 11 is 5.90. The summed E-state index contributed by atoms with van der Waals surface area (Å²) in [4.78, 5) is 13.3. The lowest BCUT2D eigenvalue weighted by Crippen LogP contribution is -2.41. The summed E-state index contributed by atoms with van der Waals surface area (Å²) in [6.45, 7) is 3.29. The highest BCUT2D eigenvalue weighted by Gasteiger charge is 2.31. The second kappa shape index (κ2) is 8.43. The molecule has 2 aromatic carbocycles. The molecule has 138 valence electrons. The second-order valence-corrected chi connectivity index (χ2v) is 6.86. The predicted molar refractivity (Wildman–Crippen MR) is 100 cm³/mol. The molecule has 1 fully saturated rings. The van der Waals surface area contributed by atoms with E-state index in [0.29, 0.717) is 35.2 Å². The van der Waals surface area contributed by atoms with Gasteiger partial charge in [0, 0.05) is 11.6 Å². The normalized spacial score (nSPS) is 18.5. The molecule has 3 rings (SSSR count). The fourth-order valence-corrected chi connectivity index (χ4v) is 3.30. The van der Waals surface area contributed by atoms with Crippen LogP contribution in [0.2, 0.25) is 5.02 Å². The van der Waals surface area contributed by atoms with E-state index < -0.39 is 12.0 Å². The van der Waals surface area contributed by atoms with Crippen molar-refractivity contribution in [3.05, 3.63) is 53.6 Å². The van der Waals surface area contributed by atoms with Crippen molar-refractivity contribution >= 4 is 17.6 Å². The molecule has 1 unspecified atom stereocenters. The Morgan fingerprint density at radius 1 is 1.23 bits per heavy atom. The molecule has 0 amide bonds. The molecule has 6 heteroatoms. The number of rotatable bonds is 7. The Kier molecular flexibility index (Phi) is 6.01. The van der Waals surface area contributed by atoms with Gasteiger partial charge in [0.2, 0.25) is 0 Å². The fraction of sp³-hybridized carbons (Fsp3) is 0.350. The summed E-state index contributed by atoms with van der Waals surface area (Å²) in [5, 5.41) is 9.95. The Morgan fingerprint density at radius 2 is 1.92 bits per heavy atom. The molecule has 1 heterocycles. The molecular weight excluding hydrogens is 354 g/mol. The third-order valence-corrected chi connectivity index (χ3v) is 4.61. The Labute approximate surface area is 158 Å². The first-order chi connectivity index (χ1) is 12.5. The summed E-state index contributed by atoms with van der Waals surface area (Å²) in [5.74, 6) is 1.14. The molecule has 0 spiro atoms. The number of nitrogens with zero attached hydrogens (tertiary/aromatic N) is 1. The van der Waals surface area contributed by atoms with Gasteiger partial charge in [-0.05, 0) is 62.7 Å². The van der Waals surface area contributed by atoms with E-state index in [1.165, 1.54) is 0 Å². The van der Waals surface area contributed by atoms with Gasteiger partial charge in [0.25, 0.3) is 0 Å². The van der Waals surface area contributed by atoms with Crippen molar-refractivity contribution in [3.63, 3.8) is 0 Å². The number of carbonyl (C=O) groups is 1. The van der Waals surface area contributed by atoms with E-state index in [4.69, 9.17) is 21.1 Å². The molecule has 5 nitrogen and oxygen atoms in total. The summed E-state index contributed by atoms with van der Waals surface area (Å²) in [5.41, 5.74) is 0. The molecule has 1 saturated heterocycles. The van der Waals surface area contributed by atoms with Gasteiger partial charge < -0.3 is 14.6 Å². The Hall–Kier alpha value is -2.24. The number of halogens is 1. The zero-order chi connectivity index (χ0) is 18.5. The zero-order valence-corrected chi connectivity index (χ0v) is 15.4. The van der Waals surface area contributed by atoms with E-state index in [2.05, 4.69) is 0 Å². The van der Waals surface area contributed by atoms with Gasteiger partial charge in [-0.3, -0.25) is 9.69 Å². The molecule has 1 aliphatic heterocycles. The van der Waals surface area contributed by atoms with E-state index in [1.807, 2.05) is 36.1 Å². The lowest BCUT2D eigenvalue weighted by molar-refractivity contribution is -0.142. The van der Waals surface area contributed by atoms with E-state index in [9.17, 15) is 9.90 Å². The lowest BCUT2D eigenvalue weighted by Gasteiger charge is -2.25. The van der Waals surface area contributed by atoms with Crippen molar-refractivity contribution in [2.45, 2.75) is 31.9 Å². The van der Waals surface area contributed by atoms with Gasteiger partial charge in [-0.2, -0.15) is 0 Å². The minimum Gasteiger partial charge on any atom is -0.485 e. The van der Waals surface area contributed by atoms with Crippen LogP contribution in [0.1, 0.15) is 19.8 Å². The van der Waals surface area contributed by atoms with Crippen molar-refractivity contribution in [2.24, 2.45) is 0 Å². The van der Waals surface area contributed by atoms with E-state index >= 15 is 0 Å². The number of likely N-dealkylation sites (tertiary alicyclic amines) is 1. The van der Waals surface area contributed by atoms with Crippen molar-refractivity contribution in [1.29, 1.82) is 0 Å². The molecule has 0 saturated carbocycles. The van der Waals surface area contributed by atoms with Gasteiger partial charge >= 0.3 is 5.97 Å².